The van der Waals surface area contributed by atoms with Gasteiger partial charge in [-0.15, -0.1) is 0 Å². The Balaban J connectivity index is 1.70. The minimum Gasteiger partial charge on any atom is -0.295 e. The molecule has 0 aliphatic heterocycles. The van der Waals surface area contributed by atoms with Gasteiger partial charge in [-0.2, -0.15) is 0 Å². The number of hydrogen-bond acceptors (Lipinski definition) is 1. The monoisotopic (exact) mass is 286 g/mol. The molecular weight excluding hydrogens is 256 g/mol. The first-order chi connectivity index (χ1) is 9.94. The van der Waals surface area contributed by atoms with E-state index in [1.807, 2.05) is 6.08 Å². The van der Waals surface area contributed by atoms with Crippen LogP contribution in [0.1, 0.15) is 72.1 Å². The number of fused-ring (bicyclic) bond motifs is 5. The number of carbonyl (C=O) groups excluding carboxylic acids is 1. The molecule has 1 nitrogen and oxygen atoms in total. The van der Waals surface area contributed by atoms with Gasteiger partial charge in [-0.05, 0) is 79.6 Å². The zero-order valence-corrected chi connectivity index (χ0v) is 14.0. The van der Waals surface area contributed by atoms with E-state index in [0.29, 0.717) is 16.6 Å². The second-order valence-corrected chi connectivity index (χ2v) is 9.10. The van der Waals surface area contributed by atoms with Gasteiger partial charge in [0.2, 0.25) is 0 Å². The van der Waals surface area contributed by atoms with E-state index < -0.39 is 0 Å². The minimum absolute atomic E-state index is 0.245. The Hall–Kier alpha value is -0.590. The second kappa shape index (κ2) is 4.46. The molecular formula is C20H30O. The highest BCUT2D eigenvalue weighted by molar-refractivity contribution is 5.93. The summed E-state index contributed by atoms with van der Waals surface area (Å²) in [7, 11) is 0. The molecule has 0 aromatic heterocycles. The van der Waals surface area contributed by atoms with E-state index in [-0.39, 0.29) is 5.92 Å². The number of carbonyl (C=O) groups is 1. The Morgan fingerprint density at radius 3 is 2.71 bits per heavy atom. The van der Waals surface area contributed by atoms with Gasteiger partial charge in [-0.3, -0.25) is 4.79 Å². The molecule has 4 aliphatic rings. The van der Waals surface area contributed by atoms with Gasteiger partial charge < -0.3 is 0 Å². The lowest BCUT2D eigenvalue weighted by Crippen LogP contribution is -2.50. The van der Waals surface area contributed by atoms with Crippen molar-refractivity contribution >= 4 is 5.78 Å². The number of allylic oxidation sites excluding steroid dienone is 1. The van der Waals surface area contributed by atoms with Crippen LogP contribution in [0.3, 0.4) is 0 Å². The third kappa shape index (κ3) is 1.85. The van der Waals surface area contributed by atoms with Gasteiger partial charge in [0.15, 0.2) is 5.78 Å². The molecule has 4 aliphatic carbocycles. The first-order valence-corrected chi connectivity index (χ1v) is 9.19. The summed E-state index contributed by atoms with van der Waals surface area (Å²) in [6.07, 6.45) is 13.0. The average molecular weight is 286 g/mol. The molecule has 21 heavy (non-hydrogen) atoms. The zero-order valence-electron chi connectivity index (χ0n) is 14.0. The predicted molar refractivity (Wildman–Crippen MR) is 85.9 cm³/mol. The molecule has 0 aromatic carbocycles. The first-order valence-electron chi connectivity index (χ1n) is 9.19. The second-order valence-electron chi connectivity index (χ2n) is 9.10. The summed E-state index contributed by atoms with van der Waals surface area (Å²) < 4.78 is 0. The summed E-state index contributed by atoms with van der Waals surface area (Å²) in [6.45, 7) is 7.21. The molecule has 4 rings (SSSR count). The summed E-state index contributed by atoms with van der Waals surface area (Å²) in [6, 6.07) is 0. The summed E-state index contributed by atoms with van der Waals surface area (Å²) in [5.74, 6) is 3.40. The average Bonchev–Trinajstić information content (AvgIpc) is 2.82. The maximum atomic E-state index is 12.1. The maximum Gasteiger partial charge on any atom is 0.158 e. The molecule has 0 spiro atoms. The summed E-state index contributed by atoms with van der Waals surface area (Å²) in [5, 5.41) is 0. The number of ketones is 1. The molecule has 3 fully saturated rings. The van der Waals surface area contributed by atoms with Crippen LogP contribution < -0.4 is 0 Å². The molecule has 3 saturated carbocycles. The van der Waals surface area contributed by atoms with Gasteiger partial charge in [0.05, 0.1) is 0 Å². The smallest absolute Gasteiger partial charge is 0.158 e. The van der Waals surface area contributed by atoms with Crippen LogP contribution in [0, 0.1) is 34.5 Å². The largest absolute Gasteiger partial charge is 0.295 e. The Morgan fingerprint density at radius 1 is 1.10 bits per heavy atom. The van der Waals surface area contributed by atoms with E-state index in [4.69, 9.17) is 0 Å². The van der Waals surface area contributed by atoms with Gasteiger partial charge in [0, 0.05) is 5.92 Å². The van der Waals surface area contributed by atoms with Crippen molar-refractivity contribution in [1.82, 2.24) is 0 Å². The molecule has 0 saturated heterocycles. The fourth-order valence-electron chi connectivity index (χ4n) is 6.89. The van der Waals surface area contributed by atoms with Gasteiger partial charge in [0.25, 0.3) is 0 Å². The standard InChI is InChI=1S/C20H30O/c1-13-12-20(3)14(11-18(13)21)6-7-15-16-5-4-9-19(16,2)10-8-17(15)20/h11,13,15-17H,4-10,12H2,1-3H3/t13-,15+,16+,17+,19+,20+/m1/s1. The lowest BCUT2D eigenvalue weighted by molar-refractivity contribution is -0.121. The highest BCUT2D eigenvalue weighted by Crippen LogP contribution is 2.65. The lowest BCUT2D eigenvalue weighted by Gasteiger charge is -2.58. The third-order valence-corrected chi connectivity index (χ3v) is 8.05. The number of hydrogen-bond donors (Lipinski definition) is 0. The highest BCUT2D eigenvalue weighted by atomic mass is 16.1. The molecule has 0 heterocycles. The lowest BCUT2D eigenvalue weighted by atomic mass is 9.47. The Morgan fingerprint density at radius 2 is 1.90 bits per heavy atom. The van der Waals surface area contributed by atoms with Crippen LogP contribution in [0.25, 0.3) is 0 Å². The molecule has 0 bridgehead atoms. The van der Waals surface area contributed by atoms with Gasteiger partial charge >= 0.3 is 0 Å². The van der Waals surface area contributed by atoms with Crippen LogP contribution >= 0.6 is 0 Å². The van der Waals surface area contributed by atoms with Crippen molar-refractivity contribution in [2.45, 2.75) is 72.1 Å². The van der Waals surface area contributed by atoms with E-state index in [1.54, 1.807) is 0 Å². The Kier molecular flexibility index (Phi) is 2.98. The van der Waals surface area contributed by atoms with E-state index in [2.05, 4.69) is 20.8 Å². The van der Waals surface area contributed by atoms with Crippen LogP contribution in [0.5, 0.6) is 0 Å². The van der Waals surface area contributed by atoms with Crippen molar-refractivity contribution in [3.63, 3.8) is 0 Å². The normalized spacial score (nSPS) is 52.7. The van der Waals surface area contributed by atoms with E-state index in [9.17, 15) is 4.79 Å². The van der Waals surface area contributed by atoms with Crippen LogP contribution in [0.4, 0.5) is 0 Å². The summed E-state index contributed by atoms with van der Waals surface area (Å²) in [5.41, 5.74) is 2.49. The van der Waals surface area contributed by atoms with Crippen LogP contribution in [-0.4, -0.2) is 5.78 Å². The maximum absolute atomic E-state index is 12.1. The topological polar surface area (TPSA) is 17.1 Å². The Labute approximate surface area is 129 Å². The van der Waals surface area contributed by atoms with Crippen LogP contribution in [0.15, 0.2) is 11.6 Å². The van der Waals surface area contributed by atoms with Crippen molar-refractivity contribution in [2.24, 2.45) is 34.5 Å². The quantitative estimate of drug-likeness (QED) is 0.601. The minimum atomic E-state index is 0.245. The molecule has 0 unspecified atom stereocenters. The Bertz CT molecular complexity index is 504. The molecule has 0 amide bonds. The third-order valence-electron chi connectivity index (χ3n) is 8.05. The fourth-order valence-corrected chi connectivity index (χ4v) is 6.89. The van der Waals surface area contributed by atoms with Crippen molar-refractivity contribution in [3.8, 4) is 0 Å². The summed E-state index contributed by atoms with van der Waals surface area (Å²) >= 11 is 0. The van der Waals surface area contributed by atoms with Crippen LogP contribution in [-0.2, 0) is 4.79 Å². The van der Waals surface area contributed by atoms with E-state index in [0.717, 1.165) is 24.2 Å². The first kappa shape index (κ1) is 14.0. The van der Waals surface area contributed by atoms with E-state index >= 15 is 0 Å². The molecule has 0 N–H and O–H groups in total. The molecule has 0 radical (unpaired) electrons. The van der Waals surface area contributed by atoms with Gasteiger partial charge in [-0.25, -0.2) is 0 Å². The van der Waals surface area contributed by atoms with Gasteiger partial charge in [0.1, 0.15) is 0 Å². The molecule has 0 aromatic rings. The highest BCUT2D eigenvalue weighted by Gasteiger charge is 2.56. The van der Waals surface area contributed by atoms with Crippen molar-refractivity contribution in [2.75, 3.05) is 0 Å². The van der Waals surface area contributed by atoms with Crippen molar-refractivity contribution < 1.29 is 4.79 Å². The SMILES string of the molecule is C[C@@H]1C[C@@]2(C)C(=CC1=O)CC[C@H]1[C@@H]3CCC[C@@]3(C)CC[C@@H]12. The van der Waals surface area contributed by atoms with Crippen molar-refractivity contribution in [3.05, 3.63) is 11.6 Å². The van der Waals surface area contributed by atoms with Crippen LogP contribution in [0.2, 0.25) is 0 Å². The van der Waals surface area contributed by atoms with Crippen molar-refractivity contribution in [1.29, 1.82) is 0 Å². The fraction of sp³-hybridized carbons (Fsp3) is 0.850. The predicted octanol–water partition coefficient (Wildman–Crippen LogP) is 5.15. The summed E-state index contributed by atoms with van der Waals surface area (Å²) in [4.78, 5) is 12.1. The molecule has 1 heteroatoms. The zero-order chi connectivity index (χ0) is 14.8. The van der Waals surface area contributed by atoms with E-state index in [1.165, 1.54) is 50.5 Å². The number of rotatable bonds is 0. The van der Waals surface area contributed by atoms with Gasteiger partial charge in [-0.1, -0.05) is 32.8 Å². The molecule has 6 atom stereocenters. The molecule has 116 valence electrons.